The lowest BCUT2D eigenvalue weighted by atomic mass is 10.1. The van der Waals surface area contributed by atoms with E-state index >= 15 is 0 Å². The van der Waals surface area contributed by atoms with Crippen LogP contribution in [0.2, 0.25) is 0 Å². The van der Waals surface area contributed by atoms with Gasteiger partial charge in [0.25, 0.3) is 5.91 Å². The summed E-state index contributed by atoms with van der Waals surface area (Å²) in [6, 6.07) is 1.70. The number of aryl methyl sites for hydroxylation is 1. The molecule has 0 aromatic carbocycles. The van der Waals surface area contributed by atoms with Crippen LogP contribution in [-0.4, -0.2) is 48.0 Å². The average molecular weight is 252 g/mol. The van der Waals surface area contributed by atoms with Crippen LogP contribution in [0.25, 0.3) is 0 Å². The van der Waals surface area contributed by atoms with Crippen molar-refractivity contribution in [2.24, 2.45) is 7.05 Å². The molecule has 1 aliphatic heterocycles. The van der Waals surface area contributed by atoms with Crippen LogP contribution in [0.1, 0.15) is 23.3 Å². The highest BCUT2D eigenvalue weighted by molar-refractivity contribution is 5.92. The molecule has 0 unspecified atom stereocenters. The van der Waals surface area contributed by atoms with E-state index in [2.05, 4.69) is 15.7 Å². The molecule has 6 nitrogen and oxygen atoms in total. The molecular weight excluding hydrogens is 232 g/mol. The van der Waals surface area contributed by atoms with Crippen molar-refractivity contribution in [3.05, 3.63) is 18.0 Å². The Morgan fingerprint density at radius 1 is 1.61 bits per heavy atom. The van der Waals surface area contributed by atoms with Crippen LogP contribution in [0.15, 0.2) is 12.3 Å². The summed E-state index contributed by atoms with van der Waals surface area (Å²) < 4.78 is 7.31. The van der Waals surface area contributed by atoms with Crippen LogP contribution in [0.4, 0.5) is 0 Å². The number of piperidine rings is 1. The number of hydrogen-bond donors (Lipinski definition) is 2. The van der Waals surface area contributed by atoms with Crippen molar-refractivity contribution < 1.29 is 9.53 Å². The van der Waals surface area contributed by atoms with Gasteiger partial charge in [0, 0.05) is 19.8 Å². The van der Waals surface area contributed by atoms with Crippen LogP contribution in [-0.2, 0) is 11.8 Å². The smallest absolute Gasteiger partial charge is 0.271 e. The Morgan fingerprint density at radius 3 is 3.06 bits per heavy atom. The molecular formula is C12H20N4O2. The highest BCUT2D eigenvalue weighted by Crippen LogP contribution is 2.06. The van der Waals surface area contributed by atoms with Crippen molar-refractivity contribution in [2.45, 2.75) is 18.9 Å². The molecule has 0 aliphatic carbocycles. The zero-order valence-corrected chi connectivity index (χ0v) is 10.7. The first-order valence-corrected chi connectivity index (χ1v) is 6.36. The minimum atomic E-state index is -0.149. The lowest BCUT2D eigenvalue weighted by Gasteiger charge is -2.22. The molecule has 100 valence electrons. The minimum absolute atomic E-state index is 0.149. The maximum atomic E-state index is 11.7. The molecule has 1 amide bonds. The highest BCUT2D eigenvalue weighted by atomic mass is 16.5. The molecule has 18 heavy (non-hydrogen) atoms. The Morgan fingerprint density at radius 2 is 2.39 bits per heavy atom. The second kappa shape index (κ2) is 6.51. The quantitative estimate of drug-likeness (QED) is 0.719. The zero-order valence-electron chi connectivity index (χ0n) is 10.7. The number of ether oxygens (including phenoxy) is 1. The topological polar surface area (TPSA) is 68.2 Å². The molecule has 1 aliphatic rings. The summed E-state index contributed by atoms with van der Waals surface area (Å²) in [4.78, 5) is 11.7. The van der Waals surface area contributed by atoms with Crippen LogP contribution in [0.5, 0.6) is 0 Å². The van der Waals surface area contributed by atoms with Crippen LogP contribution in [0.3, 0.4) is 0 Å². The summed E-state index contributed by atoms with van der Waals surface area (Å²) in [5, 5.41) is 10.1. The van der Waals surface area contributed by atoms with E-state index in [9.17, 15) is 4.79 Å². The Hall–Kier alpha value is -1.40. The molecule has 1 fully saturated rings. The van der Waals surface area contributed by atoms with Gasteiger partial charge in [-0.15, -0.1) is 0 Å². The fourth-order valence-electron chi connectivity index (χ4n) is 1.98. The third kappa shape index (κ3) is 3.82. The Kier molecular flexibility index (Phi) is 4.72. The molecule has 6 heteroatoms. The molecule has 2 rings (SSSR count). The van der Waals surface area contributed by atoms with Crippen molar-refractivity contribution in [3.8, 4) is 0 Å². The Bertz CT molecular complexity index is 385. The fourth-order valence-corrected chi connectivity index (χ4v) is 1.98. The van der Waals surface area contributed by atoms with E-state index in [1.807, 2.05) is 0 Å². The first kappa shape index (κ1) is 13.0. The summed E-state index contributed by atoms with van der Waals surface area (Å²) in [6.07, 6.45) is 4.18. The molecule has 2 N–H and O–H groups in total. The van der Waals surface area contributed by atoms with Gasteiger partial charge in [0.15, 0.2) is 0 Å². The predicted molar refractivity (Wildman–Crippen MR) is 67.4 cm³/mol. The summed E-state index contributed by atoms with van der Waals surface area (Å²) in [5.74, 6) is -0.149. The molecule has 1 saturated heterocycles. The van der Waals surface area contributed by atoms with Gasteiger partial charge in [0.05, 0.1) is 12.7 Å². The van der Waals surface area contributed by atoms with Crippen molar-refractivity contribution in [1.82, 2.24) is 20.4 Å². The van der Waals surface area contributed by atoms with Gasteiger partial charge < -0.3 is 15.4 Å². The molecule has 0 radical (unpaired) electrons. The standard InChI is InChI=1S/C12H20N4O2/c1-16-8-4-11(15-16)12(17)14-7-9-18-10-2-5-13-6-3-10/h4,8,10,13H,2-3,5-7,9H2,1H3,(H,14,17). The molecule has 0 saturated carbocycles. The number of rotatable bonds is 5. The number of hydrogen-bond acceptors (Lipinski definition) is 4. The maximum Gasteiger partial charge on any atom is 0.271 e. The Labute approximate surface area is 107 Å². The number of carbonyl (C=O) groups is 1. The van der Waals surface area contributed by atoms with E-state index in [4.69, 9.17) is 4.74 Å². The van der Waals surface area contributed by atoms with Gasteiger partial charge in [-0.3, -0.25) is 9.48 Å². The normalized spacial score (nSPS) is 16.7. The van der Waals surface area contributed by atoms with E-state index in [1.165, 1.54) is 0 Å². The van der Waals surface area contributed by atoms with E-state index in [0.29, 0.717) is 24.9 Å². The van der Waals surface area contributed by atoms with Gasteiger partial charge in [-0.25, -0.2) is 0 Å². The number of nitrogens with zero attached hydrogens (tertiary/aromatic N) is 2. The number of carbonyl (C=O) groups excluding carboxylic acids is 1. The molecule has 1 aromatic rings. The number of amides is 1. The van der Waals surface area contributed by atoms with E-state index in [0.717, 1.165) is 25.9 Å². The predicted octanol–water partition coefficient (Wildman–Crippen LogP) is -0.0815. The van der Waals surface area contributed by atoms with Crippen molar-refractivity contribution in [1.29, 1.82) is 0 Å². The van der Waals surface area contributed by atoms with E-state index in [-0.39, 0.29) is 5.91 Å². The SMILES string of the molecule is Cn1ccc(C(=O)NCCOC2CCNCC2)n1. The van der Waals surface area contributed by atoms with Crippen LogP contribution < -0.4 is 10.6 Å². The van der Waals surface area contributed by atoms with Gasteiger partial charge in [0.2, 0.25) is 0 Å². The van der Waals surface area contributed by atoms with Gasteiger partial charge in [-0.05, 0) is 32.0 Å². The van der Waals surface area contributed by atoms with Crippen LogP contribution in [0, 0.1) is 0 Å². The zero-order chi connectivity index (χ0) is 12.8. The highest BCUT2D eigenvalue weighted by Gasteiger charge is 2.13. The molecule has 2 heterocycles. The third-order valence-electron chi connectivity index (χ3n) is 2.97. The molecule has 0 bridgehead atoms. The molecule has 0 spiro atoms. The van der Waals surface area contributed by atoms with Crippen LogP contribution >= 0.6 is 0 Å². The fraction of sp³-hybridized carbons (Fsp3) is 0.667. The third-order valence-corrected chi connectivity index (χ3v) is 2.97. The lowest BCUT2D eigenvalue weighted by Crippen LogP contribution is -2.34. The minimum Gasteiger partial charge on any atom is -0.376 e. The number of aromatic nitrogens is 2. The van der Waals surface area contributed by atoms with Gasteiger partial charge >= 0.3 is 0 Å². The summed E-state index contributed by atoms with van der Waals surface area (Å²) in [7, 11) is 1.79. The first-order chi connectivity index (χ1) is 8.75. The second-order valence-corrected chi connectivity index (χ2v) is 4.45. The largest absolute Gasteiger partial charge is 0.376 e. The molecule has 0 atom stereocenters. The lowest BCUT2D eigenvalue weighted by molar-refractivity contribution is 0.0343. The van der Waals surface area contributed by atoms with E-state index in [1.54, 1.807) is 24.0 Å². The Balaban J connectivity index is 1.61. The first-order valence-electron chi connectivity index (χ1n) is 6.36. The average Bonchev–Trinajstić information content (AvgIpc) is 2.82. The molecule has 1 aromatic heterocycles. The van der Waals surface area contributed by atoms with Gasteiger partial charge in [-0.1, -0.05) is 0 Å². The van der Waals surface area contributed by atoms with Gasteiger partial charge in [-0.2, -0.15) is 5.10 Å². The monoisotopic (exact) mass is 252 g/mol. The van der Waals surface area contributed by atoms with Crippen molar-refractivity contribution >= 4 is 5.91 Å². The summed E-state index contributed by atoms with van der Waals surface area (Å²) in [6.45, 7) is 3.12. The van der Waals surface area contributed by atoms with Gasteiger partial charge in [0.1, 0.15) is 5.69 Å². The maximum absolute atomic E-state index is 11.7. The number of nitrogens with one attached hydrogen (secondary N) is 2. The summed E-state index contributed by atoms with van der Waals surface area (Å²) >= 11 is 0. The van der Waals surface area contributed by atoms with Crippen molar-refractivity contribution in [2.75, 3.05) is 26.2 Å². The van der Waals surface area contributed by atoms with E-state index < -0.39 is 0 Å². The second-order valence-electron chi connectivity index (χ2n) is 4.45. The summed E-state index contributed by atoms with van der Waals surface area (Å²) in [5.41, 5.74) is 0.444. The van der Waals surface area contributed by atoms with Crippen molar-refractivity contribution in [3.63, 3.8) is 0 Å².